The van der Waals surface area contributed by atoms with Crippen LogP contribution in [0.5, 0.6) is 0 Å². The maximum atomic E-state index is 11.2. The molecule has 0 saturated heterocycles. The van der Waals surface area contributed by atoms with Gasteiger partial charge in [-0.05, 0) is 13.3 Å². The SMILES string of the molecule is C.CCCCCCCCCCCCCCCCCC(=O)OCC. The normalized spacial score (nSPS) is 10.3. The summed E-state index contributed by atoms with van der Waals surface area (Å²) in [5, 5.41) is 0. The standard InChI is InChI=1S/C20H40O2.CH4/c1-3-5-6-7-8-9-10-11-12-13-14-15-16-17-18-19-20(21)22-4-2;/h3-19H2,1-2H3;1H4. The van der Waals surface area contributed by atoms with Gasteiger partial charge in [-0.1, -0.05) is 104 Å². The van der Waals surface area contributed by atoms with Gasteiger partial charge in [-0.15, -0.1) is 0 Å². The Labute approximate surface area is 146 Å². The molecule has 0 rings (SSSR count). The zero-order valence-electron chi connectivity index (χ0n) is 15.3. The zero-order valence-corrected chi connectivity index (χ0v) is 15.3. The topological polar surface area (TPSA) is 26.3 Å². The molecule has 0 bridgehead atoms. The van der Waals surface area contributed by atoms with Crippen molar-refractivity contribution in [2.75, 3.05) is 6.61 Å². The lowest BCUT2D eigenvalue weighted by Gasteiger charge is -2.03. The molecular weight excluding hydrogens is 284 g/mol. The zero-order chi connectivity index (χ0) is 16.3. The quantitative estimate of drug-likeness (QED) is 0.205. The highest BCUT2D eigenvalue weighted by atomic mass is 16.5. The van der Waals surface area contributed by atoms with E-state index in [1.165, 1.54) is 89.9 Å². The van der Waals surface area contributed by atoms with Crippen molar-refractivity contribution in [1.29, 1.82) is 0 Å². The molecule has 0 aliphatic heterocycles. The number of carbonyl (C=O) groups is 1. The highest BCUT2D eigenvalue weighted by molar-refractivity contribution is 5.69. The molecule has 0 atom stereocenters. The van der Waals surface area contributed by atoms with Crippen LogP contribution in [0.1, 0.15) is 124 Å². The molecule has 0 aromatic heterocycles. The number of hydrogen-bond acceptors (Lipinski definition) is 2. The molecule has 0 aromatic carbocycles. The molecule has 0 heterocycles. The molecule has 0 aromatic rings. The lowest BCUT2D eigenvalue weighted by atomic mass is 10.0. The lowest BCUT2D eigenvalue weighted by molar-refractivity contribution is -0.143. The fourth-order valence-electron chi connectivity index (χ4n) is 2.87. The Balaban J connectivity index is 0. The summed E-state index contributed by atoms with van der Waals surface area (Å²) in [6, 6.07) is 0. The number of ether oxygens (including phenoxy) is 1. The largest absolute Gasteiger partial charge is 0.466 e. The van der Waals surface area contributed by atoms with Gasteiger partial charge in [0.2, 0.25) is 0 Å². The van der Waals surface area contributed by atoms with Gasteiger partial charge in [-0.2, -0.15) is 0 Å². The Morgan fingerprint density at radius 1 is 0.609 bits per heavy atom. The van der Waals surface area contributed by atoms with E-state index in [1.807, 2.05) is 6.92 Å². The van der Waals surface area contributed by atoms with E-state index in [1.54, 1.807) is 0 Å². The third-order valence-electron chi connectivity index (χ3n) is 4.29. The third-order valence-corrected chi connectivity index (χ3v) is 4.29. The molecule has 0 aliphatic carbocycles. The number of esters is 1. The minimum atomic E-state index is -0.0304. The van der Waals surface area contributed by atoms with E-state index < -0.39 is 0 Å². The number of rotatable bonds is 17. The van der Waals surface area contributed by atoms with Crippen LogP contribution in [0.25, 0.3) is 0 Å². The molecular formula is C21H44O2. The molecule has 0 fully saturated rings. The van der Waals surface area contributed by atoms with Crippen LogP contribution >= 0.6 is 0 Å². The maximum absolute atomic E-state index is 11.2. The summed E-state index contributed by atoms with van der Waals surface area (Å²) in [7, 11) is 0. The maximum Gasteiger partial charge on any atom is 0.305 e. The number of unbranched alkanes of at least 4 members (excludes halogenated alkanes) is 14. The van der Waals surface area contributed by atoms with Crippen LogP contribution in [0.3, 0.4) is 0 Å². The van der Waals surface area contributed by atoms with Gasteiger partial charge in [0.05, 0.1) is 6.61 Å². The fourth-order valence-corrected chi connectivity index (χ4v) is 2.87. The first-order valence-electron chi connectivity index (χ1n) is 9.96. The first kappa shape index (κ1) is 24.7. The van der Waals surface area contributed by atoms with Crippen molar-refractivity contribution in [2.45, 2.75) is 124 Å². The van der Waals surface area contributed by atoms with Crippen LogP contribution in [-0.4, -0.2) is 12.6 Å². The van der Waals surface area contributed by atoms with Crippen LogP contribution in [0, 0.1) is 0 Å². The van der Waals surface area contributed by atoms with E-state index in [0.29, 0.717) is 13.0 Å². The summed E-state index contributed by atoms with van der Waals surface area (Å²) in [6.07, 6.45) is 21.0. The molecule has 0 unspecified atom stereocenters. The summed E-state index contributed by atoms with van der Waals surface area (Å²) < 4.78 is 4.92. The van der Waals surface area contributed by atoms with Gasteiger partial charge in [-0.25, -0.2) is 0 Å². The molecule has 0 saturated carbocycles. The first-order chi connectivity index (χ1) is 10.8. The van der Waals surface area contributed by atoms with Crippen LogP contribution in [-0.2, 0) is 9.53 Å². The van der Waals surface area contributed by atoms with Crippen LogP contribution < -0.4 is 0 Å². The van der Waals surface area contributed by atoms with Gasteiger partial charge in [0.1, 0.15) is 0 Å². The molecule has 0 amide bonds. The first-order valence-corrected chi connectivity index (χ1v) is 9.96. The van der Waals surface area contributed by atoms with E-state index in [0.717, 1.165) is 6.42 Å². The number of hydrogen-bond donors (Lipinski definition) is 0. The molecule has 0 spiro atoms. The summed E-state index contributed by atoms with van der Waals surface area (Å²) in [5.41, 5.74) is 0. The van der Waals surface area contributed by atoms with Crippen LogP contribution in [0.4, 0.5) is 0 Å². The summed E-state index contributed by atoms with van der Waals surface area (Å²) in [4.78, 5) is 11.2. The Morgan fingerprint density at radius 3 is 1.30 bits per heavy atom. The van der Waals surface area contributed by atoms with E-state index in [9.17, 15) is 4.79 Å². The van der Waals surface area contributed by atoms with Crippen molar-refractivity contribution in [3.8, 4) is 0 Å². The van der Waals surface area contributed by atoms with Crippen molar-refractivity contribution in [3.05, 3.63) is 0 Å². The monoisotopic (exact) mass is 328 g/mol. The second kappa shape index (κ2) is 21.5. The molecule has 0 radical (unpaired) electrons. The van der Waals surface area contributed by atoms with Crippen molar-refractivity contribution in [3.63, 3.8) is 0 Å². The van der Waals surface area contributed by atoms with E-state index in [-0.39, 0.29) is 13.4 Å². The molecule has 2 nitrogen and oxygen atoms in total. The fraction of sp³-hybridized carbons (Fsp3) is 0.952. The van der Waals surface area contributed by atoms with Gasteiger partial charge in [0.15, 0.2) is 0 Å². The third kappa shape index (κ3) is 21.5. The van der Waals surface area contributed by atoms with E-state index >= 15 is 0 Å². The smallest absolute Gasteiger partial charge is 0.305 e. The van der Waals surface area contributed by atoms with Crippen LogP contribution in [0.15, 0.2) is 0 Å². The summed E-state index contributed by atoms with van der Waals surface area (Å²) in [5.74, 6) is -0.0304. The highest BCUT2D eigenvalue weighted by Crippen LogP contribution is 2.13. The van der Waals surface area contributed by atoms with Gasteiger partial charge >= 0.3 is 5.97 Å². The average Bonchev–Trinajstić information content (AvgIpc) is 2.51. The second-order valence-corrected chi connectivity index (χ2v) is 6.50. The Kier molecular flexibility index (Phi) is 23.1. The second-order valence-electron chi connectivity index (χ2n) is 6.50. The summed E-state index contributed by atoms with van der Waals surface area (Å²) >= 11 is 0. The van der Waals surface area contributed by atoms with Crippen LogP contribution in [0.2, 0.25) is 0 Å². The predicted octanol–water partition coefficient (Wildman–Crippen LogP) is 7.45. The Bertz CT molecular complexity index is 226. The van der Waals surface area contributed by atoms with E-state index in [2.05, 4.69) is 6.92 Å². The Morgan fingerprint density at radius 2 is 0.957 bits per heavy atom. The van der Waals surface area contributed by atoms with Gasteiger partial charge in [-0.3, -0.25) is 4.79 Å². The molecule has 140 valence electrons. The van der Waals surface area contributed by atoms with E-state index in [4.69, 9.17) is 4.74 Å². The minimum absolute atomic E-state index is 0. The van der Waals surface area contributed by atoms with Crippen molar-refractivity contribution in [1.82, 2.24) is 0 Å². The van der Waals surface area contributed by atoms with Gasteiger partial charge < -0.3 is 4.74 Å². The van der Waals surface area contributed by atoms with Gasteiger partial charge in [0, 0.05) is 6.42 Å². The molecule has 0 N–H and O–H groups in total. The molecule has 23 heavy (non-hydrogen) atoms. The average molecular weight is 329 g/mol. The highest BCUT2D eigenvalue weighted by Gasteiger charge is 2.00. The summed E-state index contributed by atoms with van der Waals surface area (Å²) in [6.45, 7) is 4.66. The van der Waals surface area contributed by atoms with Gasteiger partial charge in [0.25, 0.3) is 0 Å². The molecule has 2 heteroatoms. The Hall–Kier alpha value is -0.530. The minimum Gasteiger partial charge on any atom is -0.466 e. The van der Waals surface area contributed by atoms with Crippen molar-refractivity contribution < 1.29 is 9.53 Å². The molecule has 0 aliphatic rings. The van der Waals surface area contributed by atoms with Crippen molar-refractivity contribution >= 4 is 5.97 Å². The lowest BCUT2D eigenvalue weighted by Crippen LogP contribution is -2.03. The number of carbonyl (C=O) groups excluding carboxylic acids is 1. The predicted molar refractivity (Wildman–Crippen MR) is 103 cm³/mol. The van der Waals surface area contributed by atoms with Crippen molar-refractivity contribution in [2.24, 2.45) is 0 Å².